The number of amides is 1. The summed E-state index contributed by atoms with van der Waals surface area (Å²) >= 11 is 0. The summed E-state index contributed by atoms with van der Waals surface area (Å²) < 4.78 is 25.4. The second-order valence-corrected chi connectivity index (χ2v) is 10.1. The Morgan fingerprint density at radius 2 is 1.83 bits per heavy atom. The first-order valence-corrected chi connectivity index (χ1v) is 12.3. The largest absolute Gasteiger partial charge is 0.348 e. The van der Waals surface area contributed by atoms with E-state index in [9.17, 15) is 13.2 Å². The van der Waals surface area contributed by atoms with Crippen LogP contribution in [0.5, 0.6) is 0 Å². The van der Waals surface area contributed by atoms with Crippen molar-refractivity contribution in [2.24, 2.45) is 5.92 Å². The fraction of sp³-hybridized carbons (Fsp3) is 0.435. The smallest absolute Gasteiger partial charge is 0.251 e. The number of sulfonamides is 1. The SMILES string of the molecule is Cc1ccc(C(=O)NCc2ccc(CN3CCCC(C)C3)cc2)cc1NS(C)(=O)=O. The fourth-order valence-electron chi connectivity index (χ4n) is 3.81. The van der Waals surface area contributed by atoms with Crippen molar-refractivity contribution in [2.45, 2.75) is 39.8 Å². The standard InChI is InChI=1S/C23H31N3O3S/c1-17-5-4-12-26(15-17)16-20-9-7-19(8-10-20)14-24-23(27)21-11-6-18(2)22(13-21)25-30(3,28)29/h6-11,13,17,25H,4-5,12,14-16H2,1-3H3,(H,24,27). The molecule has 0 aliphatic carbocycles. The van der Waals surface area contributed by atoms with Gasteiger partial charge in [0.15, 0.2) is 0 Å². The van der Waals surface area contributed by atoms with Crippen molar-refractivity contribution >= 4 is 21.6 Å². The molecule has 3 rings (SSSR count). The third-order valence-electron chi connectivity index (χ3n) is 5.42. The van der Waals surface area contributed by atoms with Crippen LogP contribution in [-0.2, 0) is 23.1 Å². The van der Waals surface area contributed by atoms with E-state index in [4.69, 9.17) is 0 Å². The third kappa shape index (κ3) is 6.57. The number of carbonyl (C=O) groups excluding carboxylic acids is 1. The molecule has 0 saturated carbocycles. The van der Waals surface area contributed by atoms with Gasteiger partial charge >= 0.3 is 0 Å². The summed E-state index contributed by atoms with van der Waals surface area (Å²) in [5.74, 6) is 0.529. The van der Waals surface area contributed by atoms with Gasteiger partial charge in [0, 0.05) is 25.2 Å². The van der Waals surface area contributed by atoms with Crippen molar-refractivity contribution in [3.05, 3.63) is 64.7 Å². The minimum Gasteiger partial charge on any atom is -0.348 e. The van der Waals surface area contributed by atoms with Gasteiger partial charge in [-0.15, -0.1) is 0 Å². The number of hydrogen-bond acceptors (Lipinski definition) is 4. The molecule has 1 amide bonds. The van der Waals surface area contributed by atoms with Crippen molar-refractivity contribution < 1.29 is 13.2 Å². The molecule has 30 heavy (non-hydrogen) atoms. The molecule has 0 bridgehead atoms. The van der Waals surface area contributed by atoms with E-state index in [1.807, 2.05) is 0 Å². The number of rotatable bonds is 7. The van der Waals surface area contributed by atoms with Crippen LogP contribution in [0.3, 0.4) is 0 Å². The van der Waals surface area contributed by atoms with Crippen molar-refractivity contribution in [1.29, 1.82) is 0 Å². The Bertz CT molecular complexity index is 987. The Labute approximate surface area is 179 Å². The van der Waals surface area contributed by atoms with Crippen molar-refractivity contribution in [3.8, 4) is 0 Å². The maximum atomic E-state index is 12.5. The van der Waals surface area contributed by atoms with Gasteiger partial charge in [0.05, 0.1) is 11.9 Å². The van der Waals surface area contributed by atoms with Crippen molar-refractivity contribution in [2.75, 3.05) is 24.1 Å². The third-order valence-corrected chi connectivity index (χ3v) is 6.01. The molecule has 2 aromatic carbocycles. The summed E-state index contributed by atoms with van der Waals surface area (Å²) in [4.78, 5) is 15.0. The predicted octanol–water partition coefficient (Wildman–Crippen LogP) is 3.53. The highest BCUT2D eigenvalue weighted by atomic mass is 32.2. The van der Waals surface area contributed by atoms with E-state index >= 15 is 0 Å². The Balaban J connectivity index is 1.56. The molecule has 2 N–H and O–H groups in total. The Morgan fingerprint density at radius 1 is 1.13 bits per heavy atom. The molecule has 0 spiro atoms. The summed E-state index contributed by atoms with van der Waals surface area (Å²) in [6, 6.07) is 13.3. The van der Waals surface area contributed by atoms with Crippen LogP contribution >= 0.6 is 0 Å². The minimum atomic E-state index is -3.40. The van der Waals surface area contributed by atoms with Gasteiger partial charge in [0.1, 0.15) is 0 Å². The van der Waals surface area contributed by atoms with E-state index in [1.54, 1.807) is 25.1 Å². The molecule has 1 atom stereocenters. The molecule has 0 radical (unpaired) electrons. The van der Waals surface area contributed by atoms with Gasteiger partial charge < -0.3 is 5.32 Å². The van der Waals surface area contributed by atoms with E-state index in [1.165, 1.54) is 18.4 Å². The van der Waals surface area contributed by atoms with E-state index in [0.717, 1.165) is 42.9 Å². The average Bonchev–Trinajstić information content (AvgIpc) is 2.68. The molecule has 6 nitrogen and oxygen atoms in total. The number of likely N-dealkylation sites (tertiary alicyclic amines) is 1. The molecular formula is C23H31N3O3S. The van der Waals surface area contributed by atoms with Gasteiger partial charge in [0.2, 0.25) is 10.0 Å². The van der Waals surface area contributed by atoms with E-state index in [0.29, 0.717) is 17.8 Å². The maximum absolute atomic E-state index is 12.5. The lowest BCUT2D eigenvalue weighted by Gasteiger charge is -2.30. The normalized spacial score (nSPS) is 17.5. The van der Waals surface area contributed by atoms with Gasteiger partial charge in [-0.1, -0.05) is 37.3 Å². The highest BCUT2D eigenvalue weighted by molar-refractivity contribution is 7.92. The van der Waals surface area contributed by atoms with Crippen LogP contribution in [0.25, 0.3) is 0 Å². The zero-order valence-corrected chi connectivity index (χ0v) is 18.8. The zero-order valence-electron chi connectivity index (χ0n) is 17.9. The number of piperidine rings is 1. The lowest BCUT2D eigenvalue weighted by molar-refractivity contribution is 0.0951. The summed E-state index contributed by atoms with van der Waals surface area (Å²) in [6.45, 7) is 7.81. The summed E-state index contributed by atoms with van der Waals surface area (Å²) in [7, 11) is -3.40. The number of nitrogens with one attached hydrogen (secondary N) is 2. The van der Waals surface area contributed by atoms with Gasteiger partial charge in [-0.2, -0.15) is 0 Å². The molecule has 7 heteroatoms. The van der Waals surface area contributed by atoms with Crippen molar-refractivity contribution in [3.63, 3.8) is 0 Å². The molecule has 1 unspecified atom stereocenters. The lowest BCUT2D eigenvalue weighted by atomic mass is 9.99. The molecule has 1 aliphatic heterocycles. The quantitative estimate of drug-likeness (QED) is 0.706. The maximum Gasteiger partial charge on any atom is 0.251 e. The highest BCUT2D eigenvalue weighted by Gasteiger charge is 2.16. The number of carbonyl (C=O) groups is 1. The molecule has 1 heterocycles. The topological polar surface area (TPSA) is 78.5 Å². The number of nitrogens with zero attached hydrogens (tertiary/aromatic N) is 1. The molecule has 162 valence electrons. The first-order valence-electron chi connectivity index (χ1n) is 10.4. The highest BCUT2D eigenvalue weighted by Crippen LogP contribution is 2.19. The molecule has 0 aromatic heterocycles. The minimum absolute atomic E-state index is 0.238. The van der Waals surface area contributed by atoms with Crippen LogP contribution in [0.1, 0.15) is 46.8 Å². The first kappa shape index (κ1) is 22.3. The Morgan fingerprint density at radius 3 is 2.50 bits per heavy atom. The predicted molar refractivity (Wildman–Crippen MR) is 121 cm³/mol. The molecular weight excluding hydrogens is 398 g/mol. The van der Waals surface area contributed by atoms with Crippen LogP contribution in [-0.4, -0.2) is 38.6 Å². The number of aryl methyl sites for hydroxylation is 1. The van der Waals surface area contributed by atoms with Crippen LogP contribution in [0, 0.1) is 12.8 Å². The summed E-state index contributed by atoms with van der Waals surface area (Å²) in [5.41, 5.74) is 3.91. The zero-order chi connectivity index (χ0) is 21.7. The average molecular weight is 430 g/mol. The lowest BCUT2D eigenvalue weighted by Crippen LogP contribution is -2.33. The van der Waals surface area contributed by atoms with Gasteiger partial charge in [0.25, 0.3) is 5.91 Å². The fourth-order valence-corrected chi connectivity index (χ4v) is 4.43. The van der Waals surface area contributed by atoms with Crippen LogP contribution in [0.2, 0.25) is 0 Å². The first-order chi connectivity index (χ1) is 14.2. The summed E-state index contributed by atoms with van der Waals surface area (Å²) in [6.07, 6.45) is 3.68. The summed E-state index contributed by atoms with van der Waals surface area (Å²) in [5, 5.41) is 2.90. The Kier molecular flexibility index (Phi) is 7.15. The van der Waals surface area contributed by atoms with Crippen LogP contribution in [0.4, 0.5) is 5.69 Å². The molecule has 1 fully saturated rings. The van der Waals surface area contributed by atoms with E-state index in [2.05, 4.69) is 46.1 Å². The molecule has 2 aromatic rings. The van der Waals surface area contributed by atoms with Crippen molar-refractivity contribution in [1.82, 2.24) is 10.2 Å². The Hall–Kier alpha value is -2.38. The van der Waals surface area contributed by atoms with E-state index in [-0.39, 0.29) is 5.91 Å². The van der Waals surface area contributed by atoms with Crippen LogP contribution < -0.4 is 10.0 Å². The van der Waals surface area contributed by atoms with Gasteiger partial charge in [-0.05, 0) is 61.1 Å². The number of anilines is 1. The van der Waals surface area contributed by atoms with Gasteiger partial charge in [-0.3, -0.25) is 14.4 Å². The second kappa shape index (κ2) is 9.62. The van der Waals surface area contributed by atoms with E-state index < -0.39 is 10.0 Å². The second-order valence-electron chi connectivity index (χ2n) is 8.39. The number of benzene rings is 2. The molecule has 1 aliphatic rings. The number of hydrogen-bond donors (Lipinski definition) is 2. The molecule has 1 saturated heterocycles. The van der Waals surface area contributed by atoms with Gasteiger partial charge in [-0.25, -0.2) is 8.42 Å². The van der Waals surface area contributed by atoms with Crippen LogP contribution in [0.15, 0.2) is 42.5 Å². The monoisotopic (exact) mass is 429 g/mol.